The third-order valence-electron chi connectivity index (χ3n) is 3.90. The summed E-state index contributed by atoms with van der Waals surface area (Å²) in [4.78, 5) is 4.70. The number of aliphatic imine (C=N–C) groups is 1. The molecule has 0 amide bonds. The average Bonchev–Trinajstić information content (AvgIpc) is 2.89. The second-order valence-electron chi connectivity index (χ2n) is 5.39. The predicted octanol–water partition coefficient (Wildman–Crippen LogP) is 3.04. The molecule has 0 fully saturated rings. The van der Waals surface area contributed by atoms with Crippen LogP contribution in [0.2, 0.25) is 5.02 Å². The molecule has 114 valence electrons. The fraction of sp³-hybridized carbons (Fsp3) is 0.118. The average molecular weight is 324 g/mol. The zero-order valence-electron chi connectivity index (χ0n) is 12.4. The van der Waals surface area contributed by atoms with Crippen molar-refractivity contribution in [2.75, 3.05) is 0 Å². The van der Waals surface area contributed by atoms with E-state index in [0.29, 0.717) is 10.8 Å². The van der Waals surface area contributed by atoms with Crippen molar-refractivity contribution in [3.8, 4) is 5.69 Å². The monoisotopic (exact) mass is 323 g/mol. The first-order valence-electron chi connectivity index (χ1n) is 7.26. The summed E-state index contributed by atoms with van der Waals surface area (Å²) >= 11 is 6.00. The van der Waals surface area contributed by atoms with Gasteiger partial charge in [0.2, 0.25) is 0 Å². The molecule has 5 nitrogen and oxygen atoms in total. The number of nitrogens with two attached hydrogens (primary N) is 1. The number of nitrogens with zero attached hydrogens (tertiary/aromatic N) is 4. The minimum atomic E-state index is -0.575. The highest BCUT2D eigenvalue weighted by atomic mass is 35.5. The predicted molar refractivity (Wildman–Crippen MR) is 90.1 cm³/mol. The van der Waals surface area contributed by atoms with Gasteiger partial charge in [-0.2, -0.15) is 0 Å². The largest absolute Gasteiger partial charge is 0.303 e. The number of benzene rings is 2. The number of fused-ring (bicyclic) bond motifs is 3. The quantitative estimate of drug-likeness (QED) is 0.748. The van der Waals surface area contributed by atoms with Gasteiger partial charge in [-0.1, -0.05) is 41.9 Å². The molecule has 1 aromatic heterocycles. The smallest absolute Gasteiger partial charge is 0.177 e. The van der Waals surface area contributed by atoms with Gasteiger partial charge in [-0.3, -0.25) is 9.56 Å². The number of aromatic nitrogens is 3. The van der Waals surface area contributed by atoms with Gasteiger partial charge in [0.05, 0.1) is 11.4 Å². The summed E-state index contributed by atoms with van der Waals surface area (Å²) in [6, 6.07) is 15.6. The fourth-order valence-electron chi connectivity index (χ4n) is 2.84. The highest BCUT2D eigenvalue weighted by Gasteiger charge is 2.25. The van der Waals surface area contributed by atoms with Gasteiger partial charge in [-0.15, -0.1) is 10.2 Å². The SMILES string of the molecule is Cc1nnc2n1-c1ccccc1C(c1ccc(Cl)cc1)=NC2N. The van der Waals surface area contributed by atoms with Gasteiger partial charge in [0.15, 0.2) is 12.0 Å². The van der Waals surface area contributed by atoms with E-state index >= 15 is 0 Å². The number of hydrogen-bond donors (Lipinski definition) is 1. The topological polar surface area (TPSA) is 69.1 Å². The van der Waals surface area contributed by atoms with E-state index in [1.807, 2.05) is 60.0 Å². The molecule has 0 spiro atoms. The van der Waals surface area contributed by atoms with Crippen molar-refractivity contribution >= 4 is 17.3 Å². The van der Waals surface area contributed by atoms with Crippen LogP contribution in [0.1, 0.15) is 28.9 Å². The molecule has 23 heavy (non-hydrogen) atoms. The minimum Gasteiger partial charge on any atom is -0.303 e. The van der Waals surface area contributed by atoms with Crippen molar-refractivity contribution in [1.29, 1.82) is 0 Å². The number of para-hydroxylation sites is 1. The van der Waals surface area contributed by atoms with Crippen molar-refractivity contribution < 1.29 is 0 Å². The molecule has 2 heterocycles. The zero-order valence-corrected chi connectivity index (χ0v) is 13.2. The van der Waals surface area contributed by atoms with E-state index in [9.17, 15) is 0 Å². The summed E-state index contributed by atoms with van der Waals surface area (Å²) in [6.07, 6.45) is -0.575. The maximum atomic E-state index is 6.26. The molecule has 1 aliphatic rings. The van der Waals surface area contributed by atoms with Crippen molar-refractivity contribution in [3.05, 3.63) is 76.3 Å². The van der Waals surface area contributed by atoms with Crippen LogP contribution in [0.4, 0.5) is 0 Å². The van der Waals surface area contributed by atoms with Gasteiger partial charge < -0.3 is 5.73 Å². The van der Waals surface area contributed by atoms with Crippen LogP contribution in [-0.4, -0.2) is 20.5 Å². The molecule has 3 aromatic rings. The maximum absolute atomic E-state index is 6.26. The molecule has 0 saturated heterocycles. The number of halogens is 1. The zero-order chi connectivity index (χ0) is 16.0. The third-order valence-corrected chi connectivity index (χ3v) is 4.15. The molecule has 0 saturated carbocycles. The lowest BCUT2D eigenvalue weighted by molar-refractivity contribution is 0.691. The van der Waals surface area contributed by atoms with Crippen LogP contribution in [0.3, 0.4) is 0 Å². The normalized spacial score (nSPS) is 16.3. The highest BCUT2D eigenvalue weighted by Crippen LogP contribution is 2.28. The Kier molecular flexibility index (Phi) is 3.25. The molecule has 0 radical (unpaired) electrons. The summed E-state index contributed by atoms with van der Waals surface area (Å²) in [5.41, 5.74) is 10.0. The Morgan fingerprint density at radius 2 is 1.78 bits per heavy atom. The van der Waals surface area contributed by atoms with E-state index in [-0.39, 0.29) is 0 Å². The van der Waals surface area contributed by atoms with Crippen molar-refractivity contribution in [2.45, 2.75) is 13.1 Å². The van der Waals surface area contributed by atoms with Crippen LogP contribution in [-0.2, 0) is 0 Å². The Morgan fingerprint density at radius 3 is 2.57 bits per heavy atom. The second kappa shape index (κ2) is 5.30. The summed E-state index contributed by atoms with van der Waals surface area (Å²) in [5.74, 6) is 1.43. The van der Waals surface area contributed by atoms with Crippen molar-refractivity contribution in [1.82, 2.24) is 14.8 Å². The first-order chi connectivity index (χ1) is 11.1. The van der Waals surface area contributed by atoms with E-state index in [1.54, 1.807) is 0 Å². The van der Waals surface area contributed by atoms with Gasteiger partial charge in [0.1, 0.15) is 5.82 Å². The first-order valence-corrected chi connectivity index (χ1v) is 7.64. The maximum Gasteiger partial charge on any atom is 0.177 e. The first kappa shape index (κ1) is 14.1. The Bertz CT molecular complexity index is 911. The number of aryl methyl sites for hydroxylation is 1. The van der Waals surface area contributed by atoms with E-state index in [4.69, 9.17) is 22.3 Å². The lowest BCUT2D eigenvalue weighted by Gasteiger charge is -2.12. The number of rotatable bonds is 1. The Labute approximate surface area is 138 Å². The fourth-order valence-corrected chi connectivity index (χ4v) is 2.97. The molecule has 1 unspecified atom stereocenters. The Balaban J connectivity index is 2.00. The standard InChI is InChI=1S/C17H14ClN5/c1-10-21-22-17-16(19)20-15(11-6-8-12(18)9-7-11)13-4-2-3-5-14(13)23(10)17/h2-9,16H,19H2,1H3. The second-order valence-corrected chi connectivity index (χ2v) is 5.82. The Hall–Kier alpha value is -2.50. The van der Waals surface area contributed by atoms with Crippen LogP contribution >= 0.6 is 11.6 Å². The van der Waals surface area contributed by atoms with Crippen molar-refractivity contribution in [2.24, 2.45) is 10.7 Å². The molecule has 2 aromatic carbocycles. The molecule has 4 rings (SSSR count). The van der Waals surface area contributed by atoms with Crippen LogP contribution in [0, 0.1) is 6.92 Å². The van der Waals surface area contributed by atoms with E-state index in [0.717, 1.165) is 28.4 Å². The van der Waals surface area contributed by atoms with Crippen molar-refractivity contribution in [3.63, 3.8) is 0 Å². The van der Waals surface area contributed by atoms with Crippen LogP contribution < -0.4 is 5.73 Å². The molecular formula is C17H14ClN5. The van der Waals surface area contributed by atoms with Crippen LogP contribution in [0.25, 0.3) is 5.69 Å². The molecule has 0 bridgehead atoms. The van der Waals surface area contributed by atoms with Gasteiger partial charge in [-0.25, -0.2) is 0 Å². The van der Waals surface area contributed by atoms with Gasteiger partial charge in [0, 0.05) is 16.1 Å². The van der Waals surface area contributed by atoms with Crippen LogP contribution in [0.15, 0.2) is 53.5 Å². The lowest BCUT2D eigenvalue weighted by atomic mass is 10.0. The minimum absolute atomic E-state index is 0.575. The lowest BCUT2D eigenvalue weighted by Crippen LogP contribution is -2.13. The molecular weight excluding hydrogens is 310 g/mol. The third kappa shape index (κ3) is 2.25. The molecule has 6 heteroatoms. The summed E-state index contributed by atoms with van der Waals surface area (Å²) in [5, 5.41) is 9.03. The molecule has 0 aliphatic carbocycles. The molecule has 1 atom stereocenters. The molecule has 2 N–H and O–H groups in total. The highest BCUT2D eigenvalue weighted by molar-refractivity contribution is 6.30. The van der Waals surface area contributed by atoms with E-state index in [1.165, 1.54) is 0 Å². The van der Waals surface area contributed by atoms with Gasteiger partial charge >= 0.3 is 0 Å². The summed E-state index contributed by atoms with van der Waals surface area (Å²) in [7, 11) is 0. The summed E-state index contributed by atoms with van der Waals surface area (Å²) in [6.45, 7) is 1.91. The molecule has 1 aliphatic heterocycles. The van der Waals surface area contributed by atoms with E-state index < -0.39 is 6.17 Å². The Morgan fingerprint density at radius 1 is 1.04 bits per heavy atom. The van der Waals surface area contributed by atoms with Gasteiger partial charge in [0.25, 0.3) is 0 Å². The number of hydrogen-bond acceptors (Lipinski definition) is 4. The van der Waals surface area contributed by atoms with Gasteiger partial charge in [-0.05, 0) is 25.1 Å². The van der Waals surface area contributed by atoms with E-state index in [2.05, 4.69) is 10.2 Å². The summed E-state index contributed by atoms with van der Waals surface area (Å²) < 4.78 is 1.96. The van der Waals surface area contributed by atoms with Crippen LogP contribution in [0.5, 0.6) is 0 Å².